The van der Waals surface area contributed by atoms with E-state index in [0.717, 1.165) is 25.7 Å². The van der Waals surface area contributed by atoms with Gasteiger partial charge in [-0.15, -0.1) is 0 Å². The smallest absolute Gasteiger partial charge is 0.410 e. The van der Waals surface area contributed by atoms with Crippen molar-refractivity contribution in [2.45, 2.75) is 71.6 Å². The van der Waals surface area contributed by atoms with Crippen molar-refractivity contribution in [2.24, 2.45) is 0 Å². The number of ether oxygens (including phenoxy) is 1. The van der Waals surface area contributed by atoms with Crippen molar-refractivity contribution in [3.05, 3.63) is 0 Å². The van der Waals surface area contributed by atoms with E-state index in [-0.39, 0.29) is 12.2 Å². The molecule has 0 aliphatic carbocycles. The molecule has 1 aliphatic heterocycles. The highest BCUT2D eigenvalue weighted by Gasteiger charge is 2.33. The van der Waals surface area contributed by atoms with Crippen molar-refractivity contribution < 1.29 is 9.53 Å². The fourth-order valence-electron chi connectivity index (χ4n) is 2.21. The number of likely N-dealkylation sites (tertiary alicyclic amines) is 1. The molecular weight excluding hydrogens is 190 g/mol. The van der Waals surface area contributed by atoms with Crippen LogP contribution >= 0.6 is 0 Å². The van der Waals surface area contributed by atoms with Gasteiger partial charge in [0.05, 0.1) is 0 Å². The summed E-state index contributed by atoms with van der Waals surface area (Å²) in [5.41, 5.74) is 0. The Bertz CT molecular complexity index is 204. The van der Waals surface area contributed by atoms with Crippen molar-refractivity contribution >= 4 is 6.09 Å². The third-order valence-corrected chi connectivity index (χ3v) is 3.34. The van der Waals surface area contributed by atoms with Crippen LogP contribution in [0, 0.1) is 0 Å². The average Bonchev–Trinajstić information content (AvgIpc) is 2.55. The number of hydrogen-bond acceptors (Lipinski definition) is 2. The Labute approximate surface area is 92.8 Å². The molecule has 1 heterocycles. The van der Waals surface area contributed by atoms with E-state index in [1.165, 1.54) is 0 Å². The molecule has 2 atom stereocenters. The van der Waals surface area contributed by atoms with Gasteiger partial charge < -0.3 is 9.64 Å². The molecule has 0 N–H and O–H groups in total. The largest absolute Gasteiger partial charge is 0.446 e. The molecule has 0 radical (unpaired) electrons. The quantitative estimate of drug-likeness (QED) is 0.720. The van der Waals surface area contributed by atoms with Crippen LogP contribution in [-0.4, -0.2) is 29.2 Å². The Balaban J connectivity index is 2.52. The number of rotatable bonds is 3. The summed E-state index contributed by atoms with van der Waals surface area (Å²) in [6, 6.07) is 0.670. The maximum absolute atomic E-state index is 11.9. The van der Waals surface area contributed by atoms with Crippen LogP contribution in [-0.2, 0) is 4.74 Å². The van der Waals surface area contributed by atoms with E-state index in [1.54, 1.807) is 0 Å². The minimum atomic E-state index is -0.124. The van der Waals surface area contributed by atoms with Gasteiger partial charge in [0.25, 0.3) is 0 Å². The SMILES string of the molecule is CCC(CC)OC(=O)N1C(C)CCC1C. The topological polar surface area (TPSA) is 29.5 Å². The molecule has 15 heavy (non-hydrogen) atoms. The molecule has 1 fully saturated rings. The van der Waals surface area contributed by atoms with Crippen LogP contribution in [0.2, 0.25) is 0 Å². The Morgan fingerprint density at radius 3 is 2.13 bits per heavy atom. The fourth-order valence-corrected chi connectivity index (χ4v) is 2.21. The highest BCUT2D eigenvalue weighted by atomic mass is 16.6. The first kappa shape index (κ1) is 12.3. The standard InChI is InChI=1S/C12H23NO2/c1-5-11(6-2)15-12(14)13-9(3)7-8-10(13)4/h9-11H,5-8H2,1-4H3. The molecule has 1 rings (SSSR count). The molecule has 0 aromatic carbocycles. The lowest BCUT2D eigenvalue weighted by atomic mass is 10.2. The van der Waals surface area contributed by atoms with Gasteiger partial charge in [0.1, 0.15) is 6.10 Å². The van der Waals surface area contributed by atoms with E-state index in [1.807, 2.05) is 4.90 Å². The normalized spacial score (nSPS) is 26.1. The van der Waals surface area contributed by atoms with E-state index in [0.29, 0.717) is 12.1 Å². The molecule has 1 saturated heterocycles. The van der Waals surface area contributed by atoms with Gasteiger partial charge in [-0.1, -0.05) is 13.8 Å². The van der Waals surface area contributed by atoms with Crippen LogP contribution in [0.1, 0.15) is 53.4 Å². The summed E-state index contributed by atoms with van der Waals surface area (Å²) in [7, 11) is 0. The molecular formula is C12H23NO2. The fraction of sp³-hybridized carbons (Fsp3) is 0.917. The first-order valence-electron chi connectivity index (χ1n) is 6.09. The molecule has 0 bridgehead atoms. The van der Waals surface area contributed by atoms with Crippen LogP contribution in [0.15, 0.2) is 0 Å². The number of amides is 1. The van der Waals surface area contributed by atoms with Crippen molar-refractivity contribution in [1.29, 1.82) is 0 Å². The van der Waals surface area contributed by atoms with E-state index in [4.69, 9.17) is 4.74 Å². The Morgan fingerprint density at radius 1 is 1.27 bits per heavy atom. The zero-order valence-corrected chi connectivity index (χ0v) is 10.3. The second kappa shape index (κ2) is 5.38. The van der Waals surface area contributed by atoms with Gasteiger partial charge in [-0.3, -0.25) is 0 Å². The Morgan fingerprint density at radius 2 is 1.73 bits per heavy atom. The molecule has 2 unspecified atom stereocenters. The second-order valence-electron chi connectivity index (χ2n) is 4.50. The van der Waals surface area contributed by atoms with E-state index >= 15 is 0 Å². The van der Waals surface area contributed by atoms with Crippen molar-refractivity contribution in [3.8, 4) is 0 Å². The monoisotopic (exact) mass is 213 g/mol. The molecule has 0 spiro atoms. The summed E-state index contributed by atoms with van der Waals surface area (Å²) in [6.45, 7) is 8.30. The van der Waals surface area contributed by atoms with E-state index < -0.39 is 0 Å². The second-order valence-corrected chi connectivity index (χ2v) is 4.50. The molecule has 1 amide bonds. The maximum atomic E-state index is 11.9. The van der Waals surface area contributed by atoms with Crippen LogP contribution < -0.4 is 0 Å². The summed E-state index contributed by atoms with van der Waals surface area (Å²) >= 11 is 0. The van der Waals surface area contributed by atoms with Crippen molar-refractivity contribution in [3.63, 3.8) is 0 Å². The first-order valence-corrected chi connectivity index (χ1v) is 6.09. The summed E-state index contributed by atoms with van der Waals surface area (Å²) in [5.74, 6) is 0. The van der Waals surface area contributed by atoms with Gasteiger partial charge in [-0.05, 0) is 39.5 Å². The molecule has 0 saturated carbocycles. The van der Waals surface area contributed by atoms with Gasteiger partial charge in [-0.2, -0.15) is 0 Å². The van der Waals surface area contributed by atoms with Gasteiger partial charge in [0, 0.05) is 12.1 Å². The first-order chi connectivity index (χ1) is 7.10. The van der Waals surface area contributed by atoms with E-state index in [9.17, 15) is 4.79 Å². The van der Waals surface area contributed by atoms with Gasteiger partial charge in [-0.25, -0.2) is 4.79 Å². The Hall–Kier alpha value is -0.730. The lowest BCUT2D eigenvalue weighted by molar-refractivity contribution is 0.0495. The highest BCUT2D eigenvalue weighted by molar-refractivity contribution is 5.69. The minimum Gasteiger partial charge on any atom is -0.446 e. The maximum Gasteiger partial charge on any atom is 0.410 e. The zero-order chi connectivity index (χ0) is 11.4. The molecule has 88 valence electrons. The van der Waals surface area contributed by atoms with Gasteiger partial charge in [0.15, 0.2) is 0 Å². The van der Waals surface area contributed by atoms with Crippen LogP contribution in [0.5, 0.6) is 0 Å². The number of carbonyl (C=O) groups is 1. The molecule has 0 aromatic rings. The number of carbonyl (C=O) groups excluding carboxylic acids is 1. The summed E-state index contributed by atoms with van der Waals surface area (Å²) in [4.78, 5) is 13.8. The average molecular weight is 213 g/mol. The van der Waals surface area contributed by atoms with Gasteiger partial charge in [0.2, 0.25) is 0 Å². The van der Waals surface area contributed by atoms with Crippen LogP contribution in [0.25, 0.3) is 0 Å². The van der Waals surface area contributed by atoms with Crippen molar-refractivity contribution in [1.82, 2.24) is 4.90 Å². The van der Waals surface area contributed by atoms with Crippen molar-refractivity contribution in [2.75, 3.05) is 0 Å². The number of nitrogens with zero attached hydrogens (tertiary/aromatic N) is 1. The molecule has 3 nitrogen and oxygen atoms in total. The zero-order valence-electron chi connectivity index (χ0n) is 10.3. The Kier molecular flexibility index (Phi) is 4.43. The lowest BCUT2D eigenvalue weighted by Crippen LogP contribution is -2.40. The third kappa shape index (κ3) is 2.86. The number of hydrogen-bond donors (Lipinski definition) is 0. The summed E-state index contributed by atoms with van der Waals surface area (Å²) < 4.78 is 5.46. The molecule has 3 heteroatoms. The lowest BCUT2D eigenvalue weighted by Gasteiger charge is -2.27. The van der Waals surface area contributed by atoms with Crippen LogP contribution in [0.3, 0.4) is 0 Å². The highest BCUT2D eigenvalue weighted by Crippen LogP contribution is 2.24. The predicted octanol–water partition coefficient (Wildman–Crippen LogP) is 3.18. The third-order valence-electron chi connectivity index (χ3n) is 3.34. The minimum absolute atomic E-state index is 0.0810. The molecule has 1 aliphatic rings. The summed E-state index contributed by atoms with van der Waals surface area (Å²) in [6.07, 6.45) is 3.95. The predicted molar refractivity (Wildman–Crippen MR) is 60.8 cm³/mol. The van der Waals surface area contributed by atoms with Gasteiger partial charge >= 0.3 is 6.09 Å². The van der Waals surface area contributed by atoms with Crippen LogP contribution in [0.4, 0.5) is 4.79 Å². The molecule has 0 aromatic heterocycles. The summed E-state index contributed by atoms with van der Waals surface area (Å²) in [5, 5.41) is 0. The van der Waals surface area contributed by atoms with E-state index in [2.05, 4.69) is 27.7 Å².